The van der Waals surface area contributed by atoms with Crippen LogP contribution in [0.2, 0.25) is 10.0 Å². The van der Waals surface area contributed by atoms with Crippen molar-refractivity contribution in [3.63, 3.8) is 0 Å². The van der Waals surface area contributed by atoms with Crippen molar-refractivity contribution in [1.82, 2.24) is 10.2 Å². The molecule has 1 aromatic carbocycles. The summed E-state index contributed by atoms with van der Waals surface area (Å²) in [5.41, 5.74) is 2.02. The van der Waals surface area contributed by atoms with E-state index in [2.05, 4.69) is 15.0 Å². The van der Waals surface area contributed by atoms with E-state index in [1.165, 1.54) is 13.2 Å². The number of halogens is 2. The van der Waals surface area contributed by atoms with Crippen LogP contribution in [0, 0.1) is 5.92 Å². The van der Waals surface area contributed by atoms with Gasteiger partial charge in [-0.25, -0.2) is 18.6 Å². The van der Waals surface area contributed by atoms with Crippen LogP contribution in [-0.4, -0.2) is 28.0 Å². The Bertz CT molecular complexity index is 632. The molecule has 0 fully saturated rings. The first-order chi connectivity index (χ1) is 9.69. The molecule has 0 spiro atoms. The molecule has 6 nitrogen and oxygen atoms in total. The maximum atomic E-state index is 12.2. The normalized spacial score (nSPS) is 11.7. The van der Waals surface area contributed by atoms with Gasteiger partial charge in [0.05, 0.1) is 22.7 Å². The van der Waals surface area contributed by atoms with Gasteiger partial charge in [-0.15, -0.1) is 0 Å². The Morgan fingerprint density at radius 3 is 2.43 bits per heavy atom. The summed E-state index contributed by atoms with van der Waals surface area (Å²) in [6.45, 7) is 3.98. The molecule has 1 aromatic rings. The van der Waals surface area contributed by atoms with Gasteiger partial charge in [-0.3, -0.25) is 9.63 Å². The van der Waals surface area contributed by atoms with Gasteiger partial charge in [0.2, 0.25) is 10.0 Å². The fraction of sp³-hybridized carbons (Fsp3) is 0.417. The van der Waals surface area contributed by atoms with Gasteiger partial charge in [0.1, 0.15) is 4.90 Å². The molecular formula is C12H16Cl2N2O4S. The molecule has 1 amide bonds. The second-order valence-electron chi connectivity index (χ2n) is 4.64. The number of carbonyl (C=O) groups excluding carboxylic acids is 1. The summed E-state index contributed by atoms with van der Waals surface area (Å²) in [5, 5.41) is -0.0393. The molecule has 0 radical (unpaired) electrons. The number of amides is 1. The lowest BCUT2D eigenvalue weighted by Gasteiger charge is -2.12. The number of hydrogen-bond donors (Lipinski definition) is 2. The molecule has 2 N–H and O–H groups in total. The van der Waals surface area contributed by atoms with Crippen LogP contribution in [0.5, 0.6) is 0 Å². The monoisotopic (exact) mass is 354 g/mol. The van der Waals surface area contributed by atoms with E-state index in [0.717, 1.165) is 6.07 Å². The maximum absolute atomic E-state index is 12.2. The molecule has 0 heterocycles. The van der Waals surface area contributed by atoms with Crippen LogP contribution in [0.3, 0.4) is 0 Å². The number of hydroxylamine groups is 1. The molecule has 9 heteroatoms. The SMILES string of the molecule is CONC(=O)c1cc(S(=O)(=O)NCC(C)C)c(Cl)cc1Cl. The number of hydrogen-bond acceptors (Lipinski definition) is 4. The number of sulfonamides is 1. The molecule has 118 valence electrons. The van der Waals surface area contributed by atoms with Gasteiger partial charge in [0.15, 0.2) is 0 Å². The molecule has 0 atom stereocenters. The van der Waals surface area contributed by atoms with Gasteiger partial charge < -0.3 is 0 Å². The minimum Gasteiger partial charge on any atom is -0.277 e. The van der Waals surface area contributed by atoms with Crippen LogP contribution in [0.25, 0.3) is 0 Å². The second-order valence-corrected chi connectivity index (χ2v) is 7.19. The van der Waals surface area contributed by atoms with Crippen LogP contribution < -0.4 is 10.2 Å². The van der Waals surface area contributed by atoms with Crippen molar-refractivity contribution >= 4 is 39.1 Å². The largest absolute Gasteiger partial charge is 0.277 e. The minimum atomic E-state index is -3.84. The number of carbonyl (C=O) groups is 1. The smallest absolute Gasteiger partial charge is 0.276 e. The minimum absolute atomic E-state index is 0.0253. The average molecular weight is 355 g/mol. The summed E-state index contributed by atoms with van der Waals surface area (Å²) >= 11 is 11.8. The second kappa shape index (κ2) is 7.42. The molecule has 0 aliphatic carbocycles. The highest BCUT2D eigenvalue weighted by Crippen LogP contribution is 2.28. The van der Waals surface area contributed by atoms with Crippen molar-refractivity contribution in [3.8, 4) is 0 Å². The Labute approximate surface area is 133 Å². The topological polar surface area (TPSA) is 84.5 Å². The van der Waals surface area contributed by atoms with E-state index in [9.17, 15) is 13.2 Å². The van der Waals surface area contributed by atoms with Gasteiger partial charge in [-0.2, -0.15) is 0 Å². The van der Waals surface area contributed by atoms with Crippen LogP contribution in [-0.2, 0) is 14.9 Å². The van der Waals surface area contributed by atoms with Crippen LogP contribution >= 0.6 is 23.2 Å². The van der Waals surface area contributed by atoms with Crippen molar-refractivity contribution in [2.75, 3.05) is 13.7 Å². The lowest BCUT2D eigenvalue weighted by atomic mass is 10.2. The predicted octanol–water partition coefficient (Wildman–Crippen LogP) is 2.22. The van der Waals surface area contributed by atoms with Gasteiger partial charge in [-0.05, 0) is 18.1 Å². The zero-order valence-corrected chi connectivity index (χ0v) is 14.1. The molecule has 0 saturated heterocycles. The molecule has 0 saturated carbocycles. The molecular weight excluding hydrogens is 339 g/mol. The van der Waals surface area contributed by atoms with Gasteiger partial charge in [0, 0.05) is 6.54 Å². The van der Waals surface area contributed by atoms with Crippen molar-refractivity contribution in [1.29, 1.82) is 0 Å². The average Bonchev–Trinajstić information content (AvgIpc) is 2.36. The summed E-state index contributed by atoms with van der Waals surface area (Å²) in [6.07, 6.45) is 0. The summed E-state index contributed by atoms with van der Waals surface area (Å²) in [6, 6.07) is 2.32. The first kappa shape index (κ1) is 18.2. The Morgan fingerprint density at radius 2 is 1.90 bits per heavy atom. The molecule has 0 aliphatic rings. The predicted molar refractivity (Wildman–Crippen MR) is 81.0 cm³/mol. The third-order valence-electron chi connectivity index (χ3n) is 2.43. The Morgan fingerprint density at radius 1 is 1.29 bits per heavy atom. The van der Waals surface area contributed by atoms with Crippen molar-refractivity contribution in [3.05, 3.63) is 27.7 Å². The lowest BCUT2D eigenvalue weighted by molar-refractivity contribution is 0.0537. The highest BCUT2D eigenvalue weighted by atomic mass is 35.5. The highest BCUT2D eigenvalue weighted by molar-refractivity contribution is 7.89. The van der Waals surface area contributed by atoms with E-state index >= 15 is 0 Å². The summed E-state index contributed by atoms with van der Waals surface area (Å²) < 4.78 is 26.8. The summed E-state index contributed by atoms with van der Waals surface area (Å²) in [7, 11) is -2.58. The van der Waals surface area contributed by atoms with Gasteiger partial charge in [-0.1, -0.05) is 37.0 Å². The quantitative estimate of drug-likeness (QED) is 0.767. The van der Waals surface area contributed by atoms with Crippen LogP contribution in [0.4, 0.5) is 0 Å². The summed E-state index contributed by atoms with van der Waals surface area (Å²) in [4.78, 5) is 16.0. The van der Waals surface area contributed by atoms with E-state index in [1.54, 1.807) is 0 Å². The fourth-order valence-corrected chi connectivity index (χ4v) is 3.48. The fourth-order valence-electron chi connectivity index (χ4n) is 1.41. The van der Waals surface area contributed by atoms with Crippen LogP contribution in [0.15, 0.2) is 17.0 Å². The van der Waals surface area contributed by atoms with E-state index in [4.69, 9.17) is 23.2 Å². The molecule has 0 aliphatic heterocycles. The van der Waals surface area contributed by atoms with E-state index < -0.39 is 15.9 Å². The third-order valence-corrected chi connectivity index (χ3v) is 4.63. The molecule has 21 heavy (non-hydrogen) atoms. The van der Waals surface area contributed by atoms with E-state index in [1.807, 2.05) is 13.8 Å². The van der Waals surface area contributed by atoms with Crippen molar-refractivity contribution in [2.24, 2.45) is 5.92 Å². The van der Waals surface area contributed by atoms with Crippen molar-refractivity contribution in [2.45, 2.75) is 18.7 Å². The Hall–Kier alpha value is -0.860. The van der Waals surface area contributed by atoms with E-state index in [0.29, 0.717) is 0 Å². The number of rotatable bonds is 6. The van der Waals surface area contributed by atoms with Crippen molar-refractivity contribution < 1.29 is 18.0 Å². The standard InChI is InChI=1S/C12H16Cl2N2O4S/c1-7(2)6-15-21(18,19)11-4-8(12(17)16-20-3)9(13)5-10(11)14/h4-5,7,15H,6H2,1-3H3,(H,16,17). The molecule has 0 bridgehead atoms. The highest BCUT2D eigenvalue weighted by Gasteiger charge is 2.22. The zero-order valence-electron chi connectivity index (χ0n) is 11.7. The number of benzene rings is 1. The first-order valence-electron chi connectivity index (χ1n) is 6.01. The summed E-state index contributed by atoms with van der Waals surface area (Å²) in [5.74, 6) is -0.540. The van der Waals surface area contributed by atoms with Crippen LogP contribution in [0.1, 0.15) is 24.2 Å². The maximum Gasteiger partial charge on any atom is 0.276 e. The van der Waals surface area contributed by atoms with E-state index in [-0.39, 0.29) is 33.0 Å². The molecule has 0 aromatic heterocycles. The molecule has 0 unspecified atom stereocenters. The van der Waals surface area contributed by atoms with Gasteiger partial charge >= 0.3 is 0 Å². The third kappa shape index (κ3) is 4.82. The molecule has 1 rings (SSSR count). The Balaban J connectivity index is 3.24. The Kier molecular flexibility index (Phi) is 6.42. The lowest BCUT2D eigenvalue weighted by Crippen LogP contribution is -2.28. The zero-order chi connectivity index (χ0) is 16.2. The van der Waals surface area contributed by atoms with Gasteiger partial charge in [0.25, 0.3) is 5.91 Å². The number of nitrogens with one attached hydrogen (secondary N) is 2. The first-order valence-corrected chi connectivity index (χ1v) is 8.25.